The standard InChI is InChI=1S/C35H49N2O3P3/c1-20-16-22(3)26(23(4)17-20)28-36-40-35(33(13,14)15)41(28)34(32(10,11)12)39-37-29(27-24(5)18-21(2)19-25(27)6)42(34)43(35)30(38)31(7,8)9/h16-19H,1-15H3. The highest BCUT2D eigenvalue weighted by molar-refractivity contribution is 8.50. The highest BCUT2D eigenvalue weighted by atomic mass is 32.1. The molecule has 232 valence electrons. The predicted molar refractivity (Wildman–Crippen MR) is 186 cm³/mol. The van der Waals surface area contributed by atoms with Crippen molar-refractivity contribution in [2.75, 3.05) is 0 Å². The molecule has 0 amide bonds. The molecule has 0 bridgehead atoms. The van der Waals surface area contributed by atoms with E-state index in [0.29, 0.717) is 0 Å². The number of aryl methyl sites for hydroxylation is 6. The smallest absolute Gasteiger partial charge is 0.199 e. The average molecular weight is 639 g/mol. The molecule has 5 nitrogen and oxygen atoms in total. The fraction of sp³-hybridized carbons (Fsp3) is 0.571. The summed E-state index contributed by atoms with van der Waals surface area (Å²) in [5.41, 5.74) is 10.4. The van der Waals surface area contributed by atoms with Crippen LogP contribution in [-0.2, 0) is 14.5 Å². The minimum absolute atomic E-state index is 0.275. The Hall–Kier alpha value is -1.66. The molecule has 3 aliphatic heterocycles. The number of benzene rings is 2. The van der Waals surface area contributed by atoms with Crippen LogP contribution in [-0.4, -0.2) is 26.6 Å². The molecule has 2 aromatic rings. The van der Waals surface area contributed by atoms with Crippen LogP contribution in [0.1, 0.15) is 107 Å². The van der Waals surface area contributed by atoms with Crippen LogP contribution in [0.25, 0.3) is 0 Å². The van der Waals surface area contributed by atoms with Gasteiger partial charge in [-0.3, -0.25) is 4.79 Å². The number of oxime groups is 2. The van der Waals surface area contributed by atoms with Gasteiger partial charge in [0.05, 0.1) is 15.5 Å². The summed E-state index contributed by atoms with van der Waals surface area (Å²) in [5, 5.41) is 8.59. The quantitative estimate of drug-likeness (QED) is 0.314. The number of rotatable bonds is 3. The molecule has 0 spiro atoms. The van der Waals surface area contributed by atoms with Gasteiger partial charge in [0.2, 0.25) is 0 Å². The number of carbonyl (C=O) groups is 1. The van der Waals surface area contributed by atoms with Crippen molar-refractivity contribution >= 4 is 39.6 Å². The van der Waals surface area contributed by atoms with Crippen molar-refractivity contribution in [1.82, 2.24) is 0 Å². The number of fused-ring (bicyclic) bond motifs is 3. The van der Waals surface area contributed by atoms with Crippen LogP contribution in [0, 0.1) is 57.8 Å². The maximum atomic E-state index is 15.1. The molecule has 3 aliphatic rings. The Kier molecular flexibility index (Phi) is 7.74. The topological polar surface area (TPSA) is 60.2 Å². The predicted octanol–water partition coefficient (Wildman–Crippen LogP) is 11.0. The van der Waals surface area contributed by atoms with Crippen LogP contribution in [0.5, 0.6) is 0 Å². The molecule has 0 N–H and O–H groups in total. The Morgan fingerprint density at radius 2 is 1.00 bits per heavy atom. The summed E-state index contributed by atoms with van der Waals surface area (Å²) in [5.74, 6) is 0. The highest BCUT2D eigenvalue weighted by Crippen LogP contribution is 3.06. The van der Waals surface area contributed by atoms with Crippen LogP contribution >= 0.6 is 23.1 Å². The summed E-state index contributed by atoms with van der Waals surface area (Å²) in [4.78, 5) is 29.2. The van der Waals surface area contributed by atoms with Gasteiger partial charge >= 0.3 is 0 Å². The van der Waals surface area contributed by atoms with E-state index in [1.54, 1.807) is 0 Å². The van der Waals surface area contributed by atoms with Crippen molar-refractivity contribution in [3.8, 4) is 0 Å². The van der Waals surface area contributed by atoms with Gasteiger partial charge < -0.3 is 9.68 Å². The van der Waals surface area contributed by atoms with E-state index in [9.17, 15) is 0 Å². The summed E-state index contributed by atoms with van der Waals surface area (Å²) < 4.78 is 0. The first-order valence-electron chi connectivity index (χ1n) is 15.2. The minimum Gasteiger partial charge on any atom is -0.378 e. The first-order chi connectivity index (χ1) is 19.6. The number of hydrogen-bond donors (Lipinski definition) is 0. The summed E-state index contributed by atoms with van der Waals surface area (Å²) in [6, 6.07) is 8.93. The summed E-state index contributed by atoms with van der Waals surface area (Å²) in [7, 11) is -3.97. The molecule has 2 aromatic carbocycles. The van der Waals surface area contributed by atoms with Crippen molar-refractivity contribution in [3.05, 3.63) is 68.8 Å². The molecule has 5 atom stereocenters. The van der Waals surface area contributed by atoms with Crippen molar-refractivity contribution < 1.29 is 14.5 Å². The van der Waals surface area contributed by atoms with Gasteiger partial charge in [-0.1, -0.05) is 108 Å². The van der Waals surface area contributed by atoms with E-state index < -0.39 is 38.7 Å². The van der Waals surface area contributed by atoms with E-state index >= 15 is 4.79 Å². The molecular formula is C35H49N2O3P3. The Morgan fingerprint density at radius 1 is 0.628 bits per heavy atom. The number of nitrogens with zero attached hydrogens (tertiary/aromatic N) is 2. The number of hydrogen-bond acceptors (Lipinski definition) is 5. The normalized spacial score (nSPS) is 28.6. The zero-order valence-corrected chi connectivity index (χ0v) is 31.5. The molecule has 43 heavy (non-hydrogen) atoms. The van der Waals surface area contributed by atoms with Crippen LogP contribution in [0.3, 0.4) is 0 Å². The first kappa shape index (κ1) is 32.7. The molecule has 0 radical (unpaired) electrons. The lowest BCUT2D eigenvalue weighted by atomic mass is 9.97. The molecule has 8 heteroatoms. The number of carbonyl (C=O) groups excluding carboxylic acids is 1. The van der Waals surface area contributed by atoms with Gasteiger partial charge in [0, 0.05) is 35.0 Å². The lowest BCUT2D eigenvalue weighted by Crippen LogP contribution is -2.45. The van der Waals surface area contributed by atoms with Crippen LogP contribution in [0.2, 0.25) is 0 Å². The molecule has 0 saturated carbocycles. The van der Waals surface area contributed by atoms with E-state index in [2.05, 4.69) is 128 Å². The maximum absolute atomic E-state index is 15.1. The van der Waals surface area contributed by atoms with Crippen LogP contribution < -0.4 is 0 Å². The van der Waals surface area contributed by atoms with E-state index in [4.69, 9.17) is 20.0 Å². The van der Waals surface area contributed by atoms with Gasteiger partial charge in [-0.05, 0) is 63.8 Å². The second-order valence-electron chi connectivity index (χ2n) is 15.8. The van der Waals surface area contributed by atoms with Gasteiger partial charge in [0.25, 0.3) is 0 Å². The Bertz CT molecular complexity index is 1540. The SMILES string of the molecule is Cc1cc(C)c(C2=NOC3(C(C)(C)C)P2P(C(=O)C(C)(C)C)C2(C(C)(C)C)ON=C(c4c(C)cc(C)cc4C)P23)c(C)c1. The van der Waals surface area contributed by atoms with Gasteiger partial charge in [-0.15, -0.1) is 0 Å². The average Bonchev–Trinajstić information content (AvgIpc) is 3.45. The Labute approximate surface area is 262 Å². The molecule has 0 aliphatic carbocycles. The highest BCUT2D eigenvalue weighted by Gasteiger charge is 2.85. The third kappa shape index (κ3) is 4.54. The largest absolute Gasteiger partial charge is 0.378 e. The second kappa shape index (κ2) is 10.2. The van der Waals surface area contributed by atoms with Crippen molar-refractivity contribution in [3.63, 3.8) is 0 Å². The van der Waals surface area contributed by atoms with Crippen LogP contribution in [0.4, 0.5) is 0 Å². The molecule has 5 unspecified atom stereocenters. The monoisotopic (exact) mass is 638 g/mol. The third-order valence-electron chi connectivity index (χ3n) is 8.90. The maximum Gasteiger partial charge on any atom is 0.199 e. The van der Waals surface area contributed by atoms with E-state index in [1.165, 1.54) is 33.4 Å². The molecule has 1 saturated heterocycles. The molecule has 5 rings (SSSR count). The second-order valence-corrected chi connectivity index (χ2v) is 24.6. The molecular weight excluding hydrogens is 589 g/mol. The van der Waals surface area contributed by atoms with Gasteiger partial charge in [-0.25, -0.2) is 0 Å². The summed E-state index contributed by atoms with van der Waals surface area (Å²) in [6.45, 7) is 32.7. The van der Waals surface area contributed by atoms with Crippen molar-refractivity contribution in [2.45, 2.75) is 114 Å². The Balaban J connectivity index is 1.92. The fourth-order valence-corrected chi connectivity index (χ4v) is 27.7. The summed E-state index contributed by atoms with van der Waals surface area (Å²) >= 11 is 0. The van der Waals surface area contributed by atoms with Crippen molar-refractivity contribution in [2.24, 2.45) is 26.6 Å². The van der Waals surface area contributed by atoms with Crippen molar-refractivity contribution in [1.29, 1.82) is 0 Å². The molecule has 0 aromatic heterocycles. The summed E-state index contributed by atoms with van der Waals surface area (Å²) in [6.07, 6.45) is 0. The van der Waals surface area contributed by atoms with E-state index in [-0.39, 0.29) is 16.4 Å². The van der Waals surface area contributed by atoms with E-state index in [1.807, 2.05) is 0 Å². The molecule has 1 fully saturated rings. The molecule has 3 heterocycles. The fourth-order valence-electron chi connectivity index (χ4n) is 7.14. The lowest BCUT2D eigenvalue weighted by molar-refractivity contribution is -0.118. The first-order valence-corrected chi connectivity index (χ1v) is 20.0. The third-order valence-corrected chi connectivity index (χ3v) is 24.5. The Morgan fingerprint density at radius 3 is 1.40 bits per heavy atom. The van der Waals surface area contributed by atoms with Crippen LogP contribution in [0.15, 0.2) is 34.6 Å². The zero-order valence-electron chi connectivity index (χ0n) is 28.8. The van der Waals surface area contributed by atoms with Gasteiger partial charge in [0.1, 0.15) is 10.9 Å². The minimum atomic E-state index is -1.44. The van der Waals surface area contributed by atoms with E-state index in [0.717, 1.165) is 22.0 Å². The van der Waals surface area contributed by atoms with Gasteiger partial charge in [0.15, 0.2) is 15.7 Å². The zero-order chi connectivity index (χ0) is 32.2. The van der Waals surface area contributed by atoms with Gasteiger partial charge in [-0.2, -0.15) is 0 Å². The lowest BCUT2D eigenvalue weighted by Gasteiger charge is -2.47.